The fraction of sp³-hybridized carbons (Fsp3) is 0.632. The zero-order valence-electron chi connectivity index (χ0n) is 16.3. The van der Waals surface area contributed by atoms with Crippen LogP contribution in [0, 0.1) is 0 Å². The first-order chi connectivity index (χ1) is 13.0. The molecule has 1 heterocycles. The normalized spacial score (nSPS) is 18.4. The third kappa shape index (κ3) is 6.86. The smallest absolute Gasteiger partial charge is 0.387 e. The molecule has 0 amide bonds. The van der Waals surface area contributed by atoms with E-state index in [2.05, 4.69) is 32.2 Å². The van der Waals surface area contributed by atoms with Gasteiger partial charge in [-0.1, -0.05) is 6.42 Å². The molecule has 1 atom stereocenters. The van der Waals surface area contributed by atoms with Gasteiger partial charge in [-0.2, -0.15) is 8.78 Å². The zero-order chi connectivity index (χ0) is 19.6. The van der Waals surface area contributed by atoms with Gasteiger partial charge in [0, 0.05) is 38.3 Å². The molecule has 1 fully saturated rings. The number of benzene rings is 1. The number of aliphatic imine (C=N–C) groups is 1. The lowest BCUT2D eigenvalue weighted by molar-refractivity contribution is -0.0504. The Morgan fingerprint density at radius 1 is 1.33 bits per heavy atom. The number of ether oxygens (including phenoxy) is 2. The highest BCUT2D eigenvalue weighted by molar-refractivity contribution is 5.79. The lowest BCUT2D eigenvalue weighted by Gasteiger charge is -2.33. The Kier molecular flexibility index (Phi) is 8.57. The van der Waals surface area contributed by atoms with E-state index in [-0.39, 0.29) is 5.75 Å². The molecule has 2 rings (SSSR count). The minimum absolute atomic E-state index is 0.121. The van der Waals surface area contributed by atoms with Crippen LogP contribution in [0.3, 0.4) is 0 Å². The van der Waals surface area contributed by atoms with Crippen LogP contribution in [0.5, 0.6) is 11.5 Å². The molecule has 1 unspecified atom stereocenters. The summed E-state index contributed by atoms with van der Waals surface area (Å²) in [6.45, 7) is 2.52. The summed E-state index contributed by atoms with van der Waals surface area (Å²) in [6, 6.07) is 5.36. The van der Waals surface area contributed by atoms with Crippen molar-refractivity contribution in [2.75, 3.05) is 33.8 Å². The van der Waals surface area contributed by atoms with Gasteiger partial charge in [0.1, 0.15) is 11.5 Å². The number of nitrogens with zero attached hydrogens (tertiary/aromatic N) is 2. The minimum atomic E-state index is -2.87. The number of methoxy groups -OCH3 is 1. The quantitative estimate of drug-likeness (QED) is 0.533. The van der Waals surface area contributed by atoms with E-state index in [4.69, 9.17) is 4.74 Å². The summed E-state index contributed by atoms with van der Waals surface area (Å²) in [6.07, 6.45) is 3.80. The van der Waals surface area contributed by atoms with E-state index in [1.54, 1.807) is 19.2 Å². The standard InChI is InChI=1S/C19H30F2N4O2/c1-14-6-4-5-10-25(14)11-9-23-19(22-2)24-13-15-12-16(26-3)7-8-17(15)27-18(20)21/h7-8,12,14,18H,4-6,9-11,13H2,1-3H3,(H2,22,23,24). The summed E-state index contributed by atoms with van der Waals surface area (Å²) in [5.41, 5.74) is 0.572. The van der Waals surface area contributed by atoms with Crippen molar-refractivity contribution >= 4 is 5.96 Å². The molecular formula is C19H30F2N4O2. The molecule has 6 nitrogen and oxygen atoms in total. The summed E-state index contributed by atoms with van der Waals surface area (Å²) in [4.78, 5) is 6.67. The van der Waals surface area contributed by atoms with Crippen molar-refractivity contribution in [1.82, 2.24) is 15.5 Å². The van der Waals surface area contributed by atoms with Gasteiger partial charge < -0.3 is 20.1 Å². The summed E-state index contributed by atoms with van der Waals surface area (Å²) >= 11 is 0. The van der Waals surface area contributed by atoms with Crippen molar-refractivity contribution in [1.29, 1.82) is 0 Å². The lowest BCUT2D eigenvalue weighted by atomic mass is 10.0. The summed E-state index contributed by atoms with van der Waals surface area (Å²) in [5.74, 6) is 1.32. The van der Waals surface area contributed by atoms with E-state index in [9.17, 15) is 8.78 Å². The molecule has 1 aliphatic rings. The van der Waals surface area contributed by atoms with Crippen molar-refractivity contribution in [3.8, 4) is 11.5 Å². The van der Waals surface area contributed by atoms with Gasteiger partial charge in [0.15, 0.2) is 5.96 Å². The molecule has 0 saturated carbocycles. The zero-order valence-corrected chi connectivity index (χ0v) is 16.3. The van der Waals surface area contributed by atoms with Gasteiger partial charge in [0.05, 0.1) is 7.11 Å². The van der Waals surface area contributed by atoms with Crippen LogP contribution < -0.4 is 20.1 Å². The molecule has 2 N–H and O–H groups in total. The number of hydrogen-bond acceptors (Lipinski definition) is 4. The maximum absolute atomic E-state index is 12.6. The van der Waals surface area contributed by atoms with Crippen LogP contribution in [0.2, 0.25) is 0 Å². The number of halogens is 2. The first-order valence-corrected chi connectivity index (χ1v) is 9.33. The van der Waals surface area contributed by atoms with Crippen LogP contribution in [0.1, 0.15) is 31.7 Å². The Bertz CT molecular complexity index is 613. The van der Waals surface area contributed by atoms with Crippen LogP contribution >= 0.6 is 0 Å². The Labute approximate surface area is 159 Å². The second kappa shape index (κ2) is 10.9. The minimum Gasteiger partial charge on any atom is -0.497 e. The average molecular weight is 384 g/mol. The first kappa shape index (κ1) is 21.2. The number of nitrogens with one attached hydrogen (secondary N) is 2. The number of alkyl halides is 2. The first-order valence-electron chi connectivity index (χ1n) is 9.33. The predicted molar refractivity (Wildman–Crippen MR) is 103 cm³/mol. The van der Waals surface area contributed by atoms with Crippen LogP contribution in [0.15, 0.2) is 23.2 Å². The Morgan fingerprint density at radius 2 is 2.15 bits per heavy atom. The maximum Gasteiger partial charge on any atom is 0.387 e. The number of piperidine rings is 1. The topological polar surface area (TPSA) is 58.1 Å². The third-order valence-electron chi connectivity index (χ3n) is 4.79. The molecule has 0 bridgehead atoms. The molecule has 1 saturated heterocycles. The largest absolute Gasteiger partial charge is 0.497 e. The number of rotatable bonds is 8. The van der Waals surface area contributed by atoms with Crippen LogP contribution in [0.25, 0.3) is 0 Å². The summed E-state index contributed by atoms with van der Waals surface area (Å²) < 4.78 is 35.0. The highest BCUT2D eigenvalue weighted by Gasteiger charge is 2.17. The van der Waals surface area contributed by atoms with Crippen LogP contribution in [-0.4, -0.2) is 57.3 Å². The van der Waals surface area contributed by atoms with Gasteiger partial charge in [-0.15, -0.1) is 0 Å². The number of guanidine groups is 1. The maximum atomic E-state index is 12.6. The molecule has 1 aromatic carbocycles. The van der Waals surface area contributed by atoms with Gasteiger partial charge in [-0.05, 0) is 44.5 Å². The second-order valence-corrected chi connectivity index (χ2v) is 6.59. The molecule has 152 valence electrons. The van der Waals surface area contributed by atoms with Crippen molar-refractivity contribution in [2.45, 2.75) is 45.4 Å². The Balaban J connectivity index is 1.87. The molecule has 0 radical (unpaired) electrons. The van der Waals surface area contributed by atoms with Gasteiger partial charge in [-0.3, -0.25) is 9.89 Å². The monoisotopic (exact) mass is 384 g/mol. The SMILES string of the molecule is CN=C(NCCN1CCCCC1C)NCc1cc(OC)ccc1OC(F)F. The van der Waals surface area contributed by atoms with Crippen LogP contribution in [-0.2, 0) is 6.54 Å². The third-order valence-corrected chi connectivity index (χ3v) is 4.79. The highest BCUT2D eigenvalue weighted by Crippen LogP contribution is 2.25. The molecule has 1 aromatic rings. The molecular weight excluding hydrogens is 354 g/mol. The predicted octanol–water partition coefficient (Wildman–Crippen LogP) is 2.84. The van der Waals surface area contributed by atoms with Crippen molar-refractivity contribution in [2.24, 2.45) is 4.99 Å². The van der Waals surface area contributed by atoms with E-state index >= 15 is 0 Å². The second-order valence-electron chi connectivity index (χ2n) is 6.59. The molecule has 0 spiro atoms. The Hall–Kier alpha value is -2.09. The van der Waals surface area contributed by atoms with Gasteiger partial charge in [-0.25, -0.2) is 0 Å². The van der Waals surface area contributed by atoms with Gasteiger partial charge in [0.2, 0.25) is 0 Å². The van der Waals surface area contributed by atoms with Crippen molar-refractivity contribution in [3.05, 3.63) is 23.8 Å². The van der Waals surface area contributed by atoms with E-state index in [0.717, 1.165) is 19.6 Å². The fourth-order valence-corrected chi connectivity index (χ4v) is 3.24. The Morgan fingerprint density at radius 3 is 2.81 bits per heavy atom. The highest BCUT2D eigenvalue weighted by atomic mass is 19.3. The average Bonchev–Trinajstić information content (AvgIpc) is 2.66. The number of hydrogen-bond donors (Lipinski definition) is 2. The summed E-state index contributed by atoms with van der Waals surface area (Å²) in [5, 5.41) is 6.41. The van der Waals surface area contributed by atoms with Gasteiger partial charge in [0.25, 0.3) is 0 Å². The van der Waals surface area contributed by atoms with Gasteiger partial charge >= 0.3 is 6.61 Å². The number of likely N-dealkylation sites (tertiary alicyclic amines) is 1. The molecule has 0 aliphatic carbocycles. The summed E-state index contributed by atoms with van der Waals surface area (Å²) in [7, 11) is 3.21. The van der Waals surface area contributed by atoms with Crippen molar-refractivity contribution in [3.63, 3.8) is 0 Å². The van der Waals surface area contributed by atoms with Crippen LogP contribution in [0.4, 0.5) is 8.78 Å². The van der Waals surface area contributed by atoms with Crippen molar-refractivity contribution < 1.29 is 18.3 Å². The molecule has 1 aliphatic heterocycles. The lowest BCUT2D eigenvalue weighted by Crippen LogP contribution is -2.45. The van der Waals surface area contributed by atoms with E-state index < -0.39 is 6.61 Å². The van der Waals surface area contributed by atoms with E-state index in [0.29, 0.717) is 29.9 Å². The molecule has 8 heteroatoms. The molecule has 27 heavy (non-hydrogen) atoms. The van der Waals surface area contributed by atoms with E-state index in [1.165, 1.54) is 32.4 Å². The van der Waals surface area contributed by atoms with E-state index in [1.807, 2.05) is 0 Å². The fourth-order valence-electron chi connectivity index (χ4n) is 3.24. The molecule has 0 aromatic heterocycles.